The lowest BCUT2D eigenvalue weighted by Crippen LogP contribution is -2.33. The minimum absolute atomic E-state index is 0.206. The van der Waals surface area contributed by atoms with E-state index in [0.717, 1.165) is 5.56 Å². The molecule has 1 aliphatic carbocycles. The normalized spacial score (nSPS) is 15.9. The molecule has 0 aliphatic heterocycles. The number of nitrogens with two attached hydrogens (primary N) is 1. The molecule has 33 heavy (non-hydrogen) atoms. The van der Waals surface area contributed by atoms with Gasteiger partial charge in [0.15, 0.2) is 0 Å². The highest BCUT2D eigenvalue weighted by molar-refractivity contribution is 5.88. The van der Waals surface area contributed by atoms with E-state index in [1.54, 1.807) is 36.4 Å². The van der Waals surface area contributed by atoms with Gasteiger partial charge in [-0.25, -0.2) is 4.79 Å². The maximum Gasteiger partial charge on any atom is 0.335 e. The number of aromatic carboxylic acids is 1. The third kappa shape index (κ3) is 6.04. The SMILES string of the molecule is CC1(C)CCC(C)(C)c2cc(C=Cc3ccc(C(=O)O)cc3)ccc21.Nc1ccc(O)cc1. The molecular formula is C29H33NO3. The number of carboxylic acid groups (broad SMARTS) is 1. The Labute approximate surface area is 196 Å². The Hall–Kier alpha value is -3.53. The Morgan fingerprint density at radius 2 is 1.30 bits per heavy atom. The van der Waals surface area contributed by atoms with Crippen LogP contribution in [0, 0.1) is 0 Å². The van der Waals surface area contributed by atoms with E-state index in [0.29, 0.717) is 11.3 Å². The molecular weight excluding hydrogens is 410 g/mol. The molecule has 3 aromatic rings. The van der Waals surface area contributed by atoms with Crippen LogP contribution < -0.4 is 5.73 Å². The van der Waals surface area contributed by atoms with Crippen molar-refractivity contribution in [2.75, 3.05) is 5.73 Å². The second-order valence-electron chi connectivity index (χ2n) is 9.92. The fraction of sp³-hybridized carbons (Fsp3) is 0.276. The number of carboxylic acids is 1. The van der Waals surface area contributed by atoms with Gasteiger partial charge in [0, 0.05) is 5.69 Å². The maximum atomic E-state index is 10.9. The third-order valence-corrected chi connectivity index (χ3v) is 6.40. The molecule has 0 aromatic heterocycles. The van der Waals surface area contributed by atoms with Gasteiger partial charge in [0.05, 0.1) is 5.56 Å². The van der Waals surface area contributed by atoms with E-state index in [-0.39, 0.29) is 16.6 Å². The Morgan fingerprint density at radius 3 is 1.85 bits per heavy atom. The lowest BCUT2D eigenvalue weighted by atomic mass is 9.63. The van der Waals surface area contributed by atoms with Gasteiger partial charge in [0.2, 0.25) is 0 Å². The van der Waals surface area contributed by atoms with Crippen molar-refractivity contribution >= 4 is 23.8 Å². The van der Waals surface area contributed by atoms with Crippen molar-refractivity contribution in [3.8, 4) is 5.75 Å². The number of fused-ring (bicyclic) bond motifs is 1. The molecule has 0 atom stereocenters. The van der Waals surface area contributed by atoms with Crippen LogP contribution in [0.25, 0.3) is 12.2 Å². The fourth-order valence-electron chi connectivity index (χ4n) is 4.11. The molecule has 0 heterocycles. The molecule has 0 radical (unpaired) electrons. The average Bonchev–Trinajstić information content (AvgIpc) is 2.78. The molecule has 4 heteroatoms. The highest BCUT2D eigenvalue weighted by atomic mass is 16.4. The molecule has 172 valence electrons. The summed E-state index contributed by atoms with van der Waals surface area (Å²) in [6.45, 7) is 9.33. The second-order valence-corrected chi connectivity index (χ2v) is 9.92. The van der Waals surface area contributed by atoms with Crippen LogP contribution in [0.5, 0.6) is 5.75 Å². The van der Waals surface area contributed by atoms with Gasteiger partial charge in [-0.3, -0.25) is 0 Å². The Balaban J connectivity index is 0.000000323. The summed E-state index contributed by atoms with van der Waals surface area (Å²) < 4.78 is 0. The smallest absolute Gasteiger partial charge is 0.335 e. The van der Waals surface area contributed by atoms with E-state index in [1.807, 2.05) is 18.2 Å². The first-order valence-electron chi connectivity index (χ1n) is 11.2. The molecule has 4 N–H and O–H groups in total. The van der Waals surface area contributed by atoms with E-state index in [2.05, 4.69) is 52.0 Å². The monoisotopic (exact) mass is 443 g/mol. The lowest BCUT2D eigenvalue weighted by molar-refractivity contribution is 0.0697. The second kappa shape index (κ2) is 9.53. The Kier molecular flexibility index (Phi) is 6.97. The van der Waals surface area contributed by atoms with Gasteiger partial charge in [-0.2, -0.15) is 0 Å². The molecule has 3 aromatic carbocycles. The zero-order valence-corrected chi connectivity index (χ0v) is 19.8. The van der Waals surface area contributed by atoms with Gasteiger partial charge in [-0.15, -0.1) is 0 Å². The van der Waals surface area contributed by atoms with Crippen molar-refractivity contribution in [1.82, 2.24) is 0 Å². The number of aromatic hydroxyl groups is 1. The van der Waals surface area contributed by atoms with E-state index in [9.17, 15) is 4.79 Å². The first-order chi connectivity index (χ1) is 15.5. The number of rotatable bonds is 3. The molecule has 4 rings (SSSR count). The number of anilines is 1. The molecule has 4 nitrogen and oxygen atoms in total. The highest BCUT2D eigenvalue weighted by Crippen LogP contribution is 2.46. The van der Waals surface area contributed by atoms with Crippen molar-refractivity contribution in [3.05, 3.63) is 94.5 Å². The predicted molar refractivity (Wildman–Crippen MR) is 137 cm³/mol. The molecule has 0 amide bonds. The Morgan fingerprint density at radius 1 is 0.788 bits per heavy atom. The molecule has 0 saturated carbocycles. The standard InChI is InChI=1S/C23H26O2.C6H7NO/c1-22(2)13-14-23(3,4)20-15-17(9-12-19(20)22)6-5-16-7-10-18(11-8-16)21(24)25;7-5-1-3-6(8)4-2-5/h5-12,15H,13-14H2,1-4H3,(H,24,25);1-4,8H,7H2. The summed E-state index contributed by atoms with van der Waals surface area (Å²) in [6.07, 6.45) is 6.57. The van der Waals surface area contributed by atoms with Crippen LogP contribution in [0.3, 0.4) is 0 Å². The molecule has 0 fully saturated rings. The number of carbonyl (C=O) groups is 1. The predicted octanol–water partition coefficient (Wildman–Crippen LogP) is 6.88. The molecule has 0 spiro atoms. The van der Waals surface area contributed by atoms with E-state index < -0.39 is 5.97 Å². The van der Waals surface area contributed by atoms with E-state index in [4.69, 9.17) is 15.9 Å². The number of nitrogen functional groups attached to an aromatic ring is 1. The van der Waals surface area contributed by atoms with Crippen LogP contribution in [-0.4, -0.2) is 16.2 Å². The van der Waals surface area contributed by atoms with Gasteiger partial charge in [0.1, 0.15) is 5.75 Å². The highest BCUT2D eigenvalue weighted by Gasteiger charge is 2.36. The number of phenolic OH excluding ortho intramolecular Hbond substituents is 1. The van der Waals surface area contributed by atoms with Crippen LogP contribution in [0.4, 0.5) is 5.69 Å². The van der Waals surface area contributed by atoms with Crippen molar-refractivity contribution in [1.29, 1.82) is 0 Å². The summed E-state index contributed by atoms with van der Waals surface area (Å²) in [7, 11) is 0. The van der Waals surface area contributed by atoms with Crippen LogP contribution in [0.1, 0.15) is 73.1 Å². The summed E-state index contributed by atoms with van der Waals surface area (Å²) in [6, 6.07) is 20.1. The van der Waals surface area contributed by atoms with Crippen LogP contribution in [-0.2, 0) is 10.8 Å². The fourth-order valence-corrected chi connectivity index (χ4v) is 4.11. The summed E-state index contributed by atoms with van der Waals surface area (Å²) in [4.78, 5) is 10.9. The van der Waals surface area contributed by atoms with Crippen LogP contribution in [0.15, 0.2) is 66.7 Å². The molecule has 0 saturated heterocycles. The minimum Gasteiger partial charge on any atom is -0.508 e. The third-order valence-electron chi connectivity index (χ3n) is 6.40. The van der Waals surface area contributed by atoms with Crippen molar-refractivity contribution < 1.29 is 15.0 Å². The number of phenols is 1. The molecule has 0 bridgehead atoms. The quantitative estimate of drug-likeness (QED) is 0.234. The van der Waals surface area contributed by atoms with Gasteiger partial charge < -0.3 is 15.9 Å². The van der Waals surface area contributed by atoms with Crippen LogP contribution in [0.2, 0.25) is 0 Å². The molecule has 1 aliphatic rings. The number of hydrogen-bond donors (Lipinski definition) is 3. The van der Waals surface area contributed by atoms with Crippen molar-refractivity contribution in [2.45, 2.75) is 51.4 Å². The van der Waals surface area contributed by atoms with Crippen molar-refractivity contribution in [2.24, 2.45) is 0 Å². The zero-order chi connectivity index (χ0) is 24.2. The van der Waals surface area contributed by atoms with Gasteiger partial charge in [0.25, 0.3) is 0 Å². The largest absolute Gasteiger partial charge is 0.508 e. The van der Waals surface area contributed by atoms with E-state index >= 15 is 0 Å². The number of hydrogen-bond acceptors (Lipinski definition) is 3. The maximum absolute atomic E-state index is 10.9. The van der Waals surface area contributed by atoms with Crippen LogP contribution >= 0.6 is 0 Å². The summed E-state index contributed by atoms with van der Waals surface area (Å²) in [5.41, 5.74) is 11.8. The first-order valence-corrected chi connectivity index (χ1v) is 11.2. The van der Waals surface area contributed by atoms with Gasteiger partial charge >= 0.3 is 5.97 Å². The van der Waals surface area contributed by atoms with E-state index in [1.165, 1.54) is 29.5 Å². The van der Waals surface area contributed by atoms with Gasteiger partial charge in [-0.05, 0) is 82.3 Å². The lowest BCUT2D eigenvalue weighted by Gasteiger charge is -2.42. The topological polar surface area (TPSA) is 83.5 Å². The minimum atomic E-state index is -0.893. The van der Waals surface area contributed by atoms with Crippen molar-refractivity contribution in [3.63, 3.8) is 0 Å². The number of benzene rings is 3. The summed E-state index contributed by atoms with van der Waals surface area (Å²) in [5.74, 6) is -0.644. The first kappa shape index (κ1) is 24.1. The summed E-state index contributed by atoms with van der Waals surface area (Å²) in [5, 5.41) is 17.7. The Bertz CT molecular complexity index is 1120. The average molecular weight is 444 g/mol. The summed E-state index contributed by atoms with van der Waals surface area (Å²) >= 11 is 0. The molecule has 0 unspecified atom stereocenters. The van der Waals surface area contributed by atoms with Gasteiger partial charge in [-0.1, -0.05) is 70.2 Å². The zero-order valence-electron chi connectivity index (χ0n) is 19.8.